The number of fused-ring (bicyclic) bond motifs is 1. The molecule has 3 aromatic rings. The van der Waals surface area contributed by atoms with Crippen molar-refractivity contribution in [3.8, 4) is 0 Å². The van der Waals surface area contributed by atoms with Crippen molar-refractivity contribution >= 4 is 28.8 Å². The number of aromatic nitrogens is 4. The molecule has 0 unspecified atom stereocenters. The monoisotopic (exact) mass is 275 g/mol. The molecular weight excluding hydrogens is 266 g/mol. The second-order valence-electron chi connectivity index (χ2n) is 3.73. The Morgan fingerprint density at radius 2 is 2.32 bits per heavy atom. The van der Waals surface area contributed by atoms with Gasteiger partial charge in [0.2, 0.25) is 0 Å². The Balaban J connectivity index is 1.72. The molecular formula is C11H9N5O2S. The van der Waals surface area contributed by atoms with Crippen LogP contribution in [-0.2, 0) is 6.54 Å². The zero-order valence-electron chi connectivity index (χ0n) is 9.65. The van der Waals surface area contributed by atoms with Gasteiger partial charge in [-0.3, -0.25) is 0 Å². The van der Waals surface area contributed by atoms with E-state index in [1.807, 2.05) is 0 Å². The largest absolute Gasteiger partial charge is 0.476 e. The third-order valence-electron chi connectivity index (χ3n) is 2.45. The summed E-state index contributed by atoms with van der Waals surface area (Å²) in [5.41, 5.74) is 0.816. The normalized spacial score (nSPS) is 10.7. The lowest BCUT2D eigenvalue weighted by Gasteiger charge is -2.03. The Morgan fingerprint density at radius 3 is 3.11 bits per heavy atom. The minimum atomic E-state index is -1.01. The molecule has 2 N–H and O–H groups in total. The molecule has 0 bridgehead atoms. The van der Waals surface area contributed by atoms with Gasteiger partial charge in [-0.1, -0.05) is 0 Å². The summed E-state index contributed by atoms with van der Waals surface area (Å²) in [7, 11) is 0. The van der Waals surface area contributed by atoms with Crippen molar-refractivity contribution in [3.63, 3.8) is 0 Å². The highest BCUT2D eigenvalue weighted by atomic mass is 32.1. The lowest BCUT2D eigenvalue weighted by atomic mass is 10.5. The molecule has 0 saturated heterocycles. The summed E-state index contributed by atoms with van der Waals surface area (Å²) in [6.07, 6.45) is 3.47. The molecule has 3 rings (SSSR count). The van der Waals surface area contributed by atoms with Gasteiger partial charge in [0.15, 0.2) is 11.3 Å². The SMILES string of the molecule is O=C(O)c1csc(CNc2ccn3nccc3n2)n1. The van der Waals surface area contributed by atoms with Crippen LogP contribution in [0.5, 0.6) is 0 Å². The zero-order valence-corrected chi connectivity index (χ0v) is 10.5. The van der Waals surface area contributed by atoms with Crippen LogP contribution in [0.3, 0.4) is 0 Å². The molecule has 0 aliphatic heterocycles. The van der Waals surface area contributed by atoms with E-state index < -0.39 is 5.97 Å². The van der Waals surface area contributed by atoms with E-state index in [0.29, 0.717) is 17.4 Å². The molecule has 96 valence electrons. The third kappa shape index (κ3) is 2.38. The minimum Gasteiger partial charge on any atom is -0.476 e. The van der Waals surface area contributed by atoms with Crippen LogP contribution < -0.4 is 5.32 Å². The summed E-state index contributed by atoms with van der Waals surface area (Å²) in [4.78, 5) is 19.0. The number of aromatic carboxylic acids is 1. The number of thiazole rings is 1. The number of carbonyl (C=O) groups is 1. The van der Waals surface area contributed by atoms with Gasteiger partial charge in [0.05, 0.1) is 12.7 Å². The van der Waals surface area contributed by atoms with Gasteiger partial charge in [0, 0.05) is 17.6 Å². The van der Waals surface area contributed by atoms with Crippen LogP contribution in [0.25, 0.3) is 5.65 Å². The first-order valence-corrected chi connectivity index (χ1v) is 6.32. The van der Waals surface area contributed by atoms with Crippen LogP contribution in [0.2, 0.25) is 0 Å². The van der Waals surface area contributed by atoms with Crippen LogP contribution >= 0.6 is 11.3 Å². The molecule has 0 fully saturated rings. The average Bonchev–Trinajstić information content (AvgIpc) is 3.04. The van der Waals surface area contributed by atoms with Gasteiger partial charge >= 0.3 is 5.97 Å². The van der Waals surface area contributed by atoms with Crippen LogP contribution in [0.1, 0.15) is 15.5 Å². The van der Waals surface area contributed by atoms with E-state index in [1.165, 1.54) is 16.7 Å². The van der Waals surface area contributed by atoms with E-state index >= 15 is 0 Å². The Kier molecular flexibility index (Phi) is 2.84. The van der Waals surface area contributed by atoms with Gasteiger partial charge in [0.25, 0.3) is 0 Å². The molecule has 0 aliphatic rings. The average molecular weight is 275 g/mol. The summed E-state index contributed by atoms with van der Waals surface area (Å²) in [6, 6.07) is 3.60. The lowest BCUT2D eigenvalue weighted by molar-refractivity contribution is 0.0691. The number of hydrogen-bond acceptors (Lipinski definition) is 6. The molecule has 3 aromatic heterocycles. The van der Waals surface area contributed by atoms with Crippen molar-refractivity contribution in [1.82, 2.24) is 19.6 Å². The van der Waals surface area contributed by atoms with Crippen molar-refractivity contribution in [1.29, 1.82) is 0 Å². The molecule has 0 aliphatic carbocycles. The quantitative estimate of drug-likeness (QED) is 0.749. The maximum Gasteiger partial charge on any atom is 0.355 e. The molecule has 3 heterocycles. The Hall–Kier alpha value is -2.48. The highest BCUT2D eigenvalue weighted by Gasteiger charge is 2.08. The van der Waals surface area contributed by atoms with Gasteiger partial charge in [-0.05, 0) is 6.07 Å². The summed E-state index contributed by atoms with van der Waals surface area (Å²) < 4.78 is 1.66. The van der Waals surface area contributed by atoms with Gasteiger partial charge in [-0.2, -0.15) is 5.10 Å². The van der Waals surface area contributed by atoms with Crippen molar-refractivity contribution in [3.05, 3.63) is 40.6 Å². The van der Waals surface area contributed by atoms with Gasteiger partial charge < -0.3 is 10.4 Å². The van der Waals surface area contributed by atoms with E-state index in [9.17, 15) is 4.79 Å². The Morgan fingerprint density at radius 1 is 1.42 bits per heavy atom. The van der Waals surface area contributed by atoms with E-state index in [2.05, 4.69) is 20.4 Å². The molecule has 19 heavy (non-hydrogen) atoms. The highest BCUT2D eigenvalue weighted by molar-refractivity contribution is 7.09. The van der Waals surface area contributed by atoms with Gasteiger partial charge in [-0.15, -0.1) is 11.3 Å². The molecule has 8 heteroatoms. The first-order valence-electron chi connectivity index (χ1n) is 5.44. The summed E-state index contributed by atoms with van der Waals surface area (Å²) in [5, 5.41) is 18.2. The number of rotatable bonds is 4. The van der Waals surface area contributed by atoms with Crippen molar-refractivity contribution in [2.24, 2.45) is 0 Å². The van der Waals surface area contributed by atoms with Crippen LogP contribution in [0.4, 0.5) is 5.82 Å². The molecule has 7 nitrogen and oxygen atoms in total. The number of anilines is 1. The molecule has 0 saturated carbocycles. The maximum absolute atomic E-state index is 10.7. The first kappa shape index (κ1) is 11.6. The van der Waals surface area contributed by atoms with E-state index in [4.69, 9.17) is 5.11 Å². The van der Waals surface area contributed by atoms with E-state index in [0.717, 1.165) is 5.65 Å². The van der Waals surface area contributed by atoms with Crippen molar-refractivity contribution < 1.29 is 9.90 Å². The Labute approximate surface area is 111 Å². The van der Waals surface area contributed by atoms with Crippen LogP contribution in [0.15, 0.2) is 29.9 Å². The summed E-state index contributed by atoms with van der Waals surface area (Å²) in [6.45, 7) is 0.440. The summed E-state index contributed by atoms with van der Waals surface area (Å²) in [5.74, 6) is -0.318. The number of hydrogen-bond donors (Lipinski definition) is 2. The van der Waals surface area contributed by atoms with Crippen LogP contribution in [0, 0.1) is 0 Å². The molecule has 0 atom stereocenters. The second kappa shape index (κ2) is 4.65. The van der Waals surface area contributed by atoms with Crippen LogP contribution in [-0.4, -0.2) is 30.7 Å². The number of carboxylic acid groups (broad SMARTS) is 1. The van der Waals surface area contributed by atoms with Gasteiger partial charge in [0.1, 0.15) is 10.8 Å². The zero-order chi connectivity index (χ0) is 13.2. The maximum atomic E-state index is 10.7. The van der Waals surface area contributed by atoms with E-state index in [-0.39, 0.29) is 5.69 Å². The molecule has 0 spiro atoms. The minimum absolute atomic E-state index is 0.0704. The summed E-state index contributed by atoms with van der Waals surface area (Å²) >= 11 is 1.30. The predicted octanol–water partition coefficient (Wildman–Crippen LogP) is 1.50. The van der Waals surface area contributed by atoms with Crippen molar-refractivity contribution in [2.45, 2.75) is 6.54 Å². The molecule has 0 aromatic carbocycles. The smallest absolute Gasteiger partial charge is 0.355 e. The van der Waals surface area contributed by atoms with Gasteiger partial charge in [-0.25, -0.2) is 19.3 Å². The predicted molar refractivity (Wildman–Crippen MR) is 69.4 cm³/mol. The third-order valence-corrected chi connectivity index (χ3v) is 3.30. The lowest BCUT2D eigenvalue weighted by Crippen LogP contribution is -2.03. The number of carboxylic acids is 1. The van der Waals surface area contributed by atoms with E-state index in [1.54, 1.807) is 29.0 Å². The van der Waals surface area contributed by atoms with Crippen molar-refractivity contribution in [2.75, 3.05) is 5.32 Å². The topological polar surface area (TPSA) is 92.4 Å². The fourth-order valence-corrected chi connectivity index (χ4v) is 2.28. The second-order valence-corrected chi connectivity index (χ2v) is 4.67. The first-order chi connectivity index (χ1) is 9.22. The molecule has 0 amide bonds. The standard InChI is InChI=1S/C11H9N5O2S/c17-11(18)7-6-19-10(14-7)5-12-8-2-4-16-9(15-8)1-3-13-16/h1-4,6H,5H2,(H,12,15)(H,17,18). The molecule has 0 radical (unpaired) electrons. The fourth-order valence-electron chi connectivity index (χ4n) is 1.57. The highest BCUT2D eigenvalue weighted by Crippen LogP contribution is 2.12. The number of nitrogens with zero attached hydrogens (tertiary/aromatic N) is 4. The Bertz CT molecular complexity index is 735. The number of nitrogens with one attached hydrogen (secondary N) is 1. The fraction of sp³-hybridized carbons (Fsp3) is 0.0909.